The Bertz CT molecular complexity index is 1620. The number of piperidine rings is 1. The lowest BCUT2D eigenvalue weighted by atomic mass is 9.98. The molecular weight excluding hydrogens is 566 g/mol. The molecule has 0 saturated carbocycles. The molecule has 0 aliphatic carbocycles. The van der Waals surface area contributed by atoms with Gasteiger partial charge in [0.25, 0.3) is 15.9 Å². The summed E-state index contributed by atoms with van der Waals surface area (Å²) < 4.78 is 33.9. The molecule has 41 heavy (non-hydrogen) atoms. The Morgan fingerprint density at radius 3 is 2.63 bits per heavy atom. The minimum absolute atomic E-state index is 0.0642. The van der Waals surface area contributed by atoms with E-state index in [1.165, 1.54) is 15.6 Å². The average Bonchev–Trinajstić information content (AvgIpc) is 3.62. The van der Waals surface area contributed by atoms with Gasteiger partial charge in [0.2, 0.25) is 0 Å². The molecule has 0 bridgehead atoms. The summed E-state index contributed by atoms with van der Waals surface area (Å²) in [5, 5.41) is 16.4. The molecular formula is C28H33N5O6S2. The van der Waals surface area contributed by atoms with Gasteiger partial charge in [-0.1, -0.05) is 24.3 Å². The van der Waals surface area contributed by atoms with Gasteiger partial charge in [0.1, 0.15) is 28.2 Å². The van der Waals surface area contributed by atoms with Crippen LogP contribution < -0.4 is 21.1 Å². The summed E-state index contributed by atoms with van der Waals surface area (Å²) in [5.41, 5.74) is 1.44. The molecule has 11 nitrogen and oxygen atoms in total. The number of sulfonamides is 1. The molecule has 1 amide bonds. The van der Waals surface area contributed by atoms with Crippen molar-refractivity contribution in [2.75, 3.05) is 32.8 Å². The number of nitrogens with zero attached hydrogens (tertiary/aromatic N) is 1. The van der Waals surface area contributed by atoms with Crippen LogP contribution in [0.15, 0.2) is 69.7 Å². The van der Waals surface area contributed by atoms with Crippen LogP contribution in [0.5, 0.6) is 5.75 Å². The topological polar surface area (TPSA) is 157 Å². The van der Waals surface area contributed by atoms with Crippen LogP contribution in [0.4, 0.5) is 0 Å². The number of aliphatic hydroxyl groups excluding tert-OH is 1. The van der Waals surface area contributed by atoms with Gasteiger partial charge in [-0.3, -0.25) is 4.79 Å². The van der Waals surface area contributed by atoms with Crippen molar-refractivity contribution in [3.8, 4) is 5.75 Å². The number of amides is 1. The van der Waals surface area contributed by atoms with E-state index >= 15 is 0 Å². The average molecular weight is 600 g/mol. The summed E-state index contributed by atoms with van der Waals surface area (Å²) >= 11 is 1.18. The second-order valence-electron chi connectivity index (χ2n) is 10.00. The lowest BCUT2D eigenvalue weighted by molar-refractivity contribution is 0.0951. The second-order valence-corrected chi connectivity index (χ2v) is 13.3. The summed E-state index contributed by atoms with van der Waals surface area (Å²) in [6.07, 6.45) is 0.682. The lowest BCUT2D eigenvalue weighted by Crippen LogP contribution is -2.41. The summed E-state index contributed by atoms with van der Waals surface area (Å²) in [5.74, 6) is 0.578. The van der Waals surface area contributed by atoms with Crippen molar-refractivity contribution in [1.82, 2.24) is 24.9 Å². The molecule has 1 aliphatic rings. The van der Waals surface area contributed by atoms with E-state index in [1.807, 2.05) is 6.07 Å². The van der Waals surface area contributed by atoms with Crippen molar-refractivity contribution in [2.45, 2.75) is 29.7 Å². The number of fused-ring (bicyclic) bond motifs is 1. The maximum Gasteiger partial charge on any atom is 0.323 e. The molecule has 1 atom stereocenters. The first-order valence-electron chi connectivity index (χ1n) is 13.4. The lowest BCUT2D eigenvalue weighted by Gasteiger charge is -2.31. The zero-order valence-electron chi connectivity index (χ0n) is 22.3. The van der Waals surface area contributed by atoms with Gasteiger partial charge in [-0.2, -0.15) is 4.31 Å². The Hall–Kier alpha value is -3.49. The minimum atomic E-state index is -3.60. The van der Waals surface area contributed by atoms with Crippen LogP contribution in [0.3, 0.4) is 0 Å². The molecule has 1 aliphatic heterocycles. The van der Waals surface area contributed by atoms with Crippen LogP contribution in [0, 0.1) is 5.92 Å². The van der Waals surface area contributed by atoms with Crippen molar-refractivity contribution in [1.29, 1.82) is 0 Å². The quantitative estimate of drug-likeness (QED) is 0.167. The third kappa shape index (κ3) is 7.24. The molecule has 2 aromatic carbocycles. The smallest absolute Gasteiger partial charge is 0.323 e. The SMILES string of the molecule is O=C(NCc1ccc(S(=O)(=O)N2CCC(CNC[C@H](O)COc3cccc4[nH]c(=O)[nH]c34)CC2)s1)c1ccccc1. The van der Waals surface area contributed by atoms with Gasteiger partial charge in [-0.15, -0.1) is 11.3 Å². The van der Waals surface area contributed by atoms with Gasteiger partial charge in [0.15, 0.2) is 0 Å². The largest absolute Gasteiger partial charge is 0.489 e. The van der Waals surface area contributed by atoms with Gasteiger partial charge < -0.3 is 30.4 Å². The van der Waals surface area contributed by atoms with E-state index in [1.54, 1.807) is 54.6 Å². The number of rotatable bonds is 12. The van der Waals surface area contributed by atoms with Crippen LogP contribution in [0.2, 0.25) is 0 Å². The highest BCUT2D eigenvalue weighted by atomic mass is 32.2. The highest BCUT2D eigenvalue weighted by Crippen LogP contribution is 2.28. The Morgan fingerprint density at radius 1 is 1.07 bits per heavy atom. The fraction of sp³-hybridized carbons (Fsp3) is 0.357. The molecule has 4 aromatic rings. The highest BCUT2D eigenvalue weighted by molar-refractivity contribution is 7.91. The van der Waals surface area contributed by atoms with Gasteiger partial charge in [0.05, 0.1) is 12.1 Å². The van der Waals surface area contributed by atoms with Crippen LogP contribution in [-0.4, -0.2) is 72.6 Å². The minimum Gasteiger partial charge on any atom is -0.489 e. The molecule has 218 valence electrons. The molecule has 1 saturated heterocycles. The number of carbonyl (C=O) groups is 1. The Labute approximate surface area is 241 Å². The van der Waals surface area contributed by atoms with E-state index in [0.29, 0.717) is 67.3 Å². The van der Waals surface area contributed by atoms with E-state index < -0.39 is 16.1 Å². The summed E-state index contributed by atoms with van der Waals surface area (Å²) in [6.45, 7) is 2.18. The maximum absolute atomic E-state index is 13.2. The first-order chi connectivity index (χ1) is 19.8. The molecule has 0 spiro atoms. The number of aromatic amines is 2. The van der Waals surface area contributed by atoms with Gasteiger partial charge >= 0.3 is 5.69 Å². The predicted molar refractivity (Wildman–Crippen MR) is 157 cm³/mol. The van der Waals surface area contributed by atoms with Gasteiger partial charge in [-0.25, -0.2) is 13.2 Å². The molecule has 13 heteroatoms. The Balaban J connectivity index is 1.03. The van der Waals surface area contributed by atoms with E-state index in [9.17, 15) is 23.1 Å². The summed E-state index contributed by atoms with van der Waals surface area (Å²) in [6, 6.07) is 17.5. The molecule has 5 rings (SSSR count). The number of para-hydroxylation sites is 1. The van der Waals surface area contributed by atoms with Crippen molar-refractivity contribution >= 4 is 38.3 Å². The zero-order valence-corrected chi connectivity index (χ0v) is 24.0. The number of nitrogens with one attached hydrogen (secondary N) is 4. The van der Waals surface area contributed by atoms with E-state index in [0.717, 1.165) is 4.88 Å². The number of aliphatic hydroxyl groups is 1. The van der Waals surface area contributed by atoms with Crippen molar-refractivity contribution < 1.29 is 23.1 Å². The van der Waals surface area contributed by atoms with Crippen molar-refractivity contribution in [3.63, 3.8) is 0 Å². The molecule has 5 N–H and O–H groups in total. The second kappa shape index (κ2) is 13.0. The Morgan fingerprint density at radius 2 is 1.85 bits per heavy atom. The number of carbonyl (C=O) groups excluding carboxylic acids is 1. The van der Waals surface area contributed by atoms with E-state index in [4.69, 9.17) is 4.74 Å². The predicted octanol–water partition coefficient (Wildman–Crippen LogP) is 2.28. The van der Waals surface area contributed by atoms with E-state index in [2.05, 4.69) is 20.6 Å². The number of thiophene rings is 1. The number of benzene rings is 2. The standard InChI is InChI=1S/C28H33N5O6S2/c34-21(18-39-24-8-4-7-23-26(24)32-28(36)31-23)16-29-15-19-11-13-33(14-12-19)41(37,38)25-10-9-22(40-25)17-30-27(35)20-5-2-1-3-6-20/h1-10,19,21,29,34H,11-18H2,(H,30,35)(H2,31,32,36)/t21-/m0/s1. The first-order valence-corrected chi connectivity index (χ1v) is 15.7. The normalized spacial score (nSPS) is 15.6. The Kier molecular flexibility index (Phi) is 9.20. The van der Waals surface area contributed by atoms with Crippen molar-refractivity contribution in [3.05, 3.63) is 81.6 Å². The van der Waals surface area contributed by atoms with Gasteiger partial charge in [0, 0.05) is 30.1 Å². The van der Waals surface area contributed by atoms with Crippen LogP contribution in [0.1, 0.15) is 28.1 Å². The molecule has 0 unspecified atom stereocenters. The van der Waals surface area contributed by atoms with E-state index in [-0.39, 0.29) is 29.0 Å². The third-order valence-corrected chi connectivity index (χ3v) is 10.5. The molecule has 1 fully saturated rings. The number of H-pyrrole nitrogens is 2. The van der Waals surface area contributed by atoms with Gasteiger partial charge in [-0.05, 0) is 61.7 Å². The summed E-state index contributed by atoms with van der Waals surface area (Å²) in [4.78, 5) is 29.9. The summed E-state index contributed by atoms with van der Waals surface area (Å²) in [7, 11) is -3.60. The number of aromatic nitrogens is 2. The van der Waals surface area contributed by atoms with Crippen LogP contribution in [0.25, 0.3) is 11.0 Å². The first kappa shape index (κ1) is 29.0. The number of ether oxygens (including phenoxy) is 1. The van der Waals surface area contributed by atoms with Crippen LogP contribution >= 0.6 is 11.3 Å². The fourth-order valence-corrected chi connectivity index (χ4v) is 7.70. The van der Waals surface area contributed by atoms with Crippen molar-refractivity contribution in [2.24, 2.45) is 5.92 Å². The maximum atomic E-state index is 13.2. The number of hydrogen-bond acceptors (Lipinski definition) is 8. The molecule has 3 heterocycles. The highest BCUT2D eigenvalue weighted by Gasteiger charge is 2.30. The zero-order chi connectivity index (χ0) is 28.8. The monoisotopic (exact) mass is 599 g/mol. The number of hydrogen-bond donors (Lipinski definition) is 5. The number of imidazole rings is 1. The third-order valence-electron chi connectivity index (χ3n) is 7.02. The van der Waals surface area contributed by atoms with Crippen LogP contribution in [-0.2, 0) is 16.6 Å². The molecule has 2 aromatic heterocycles. The fourth-order valence-electron chi connectivity index (χ4n) is 4.78. The molecule has 0 radical (unpaired) electrons.